The summed E-state index contributed by atoms with van der Waals surface area (Å²) in [6, 6.07) is 2.55. The predicted molar refractivity (Wildman–Crippen MR) is 66.1 cm³/mol. The van der Waals surface area contributed by atoms with Gasteiger partial charge in [-0.05, 0) is 12.1 Å². The van der Waals surface area contributed by atoms with Crippen molar-refractivity contribution in [2.45, 2.75) is 12.3 Å². The molecular formula is C13H14F4N2O2. The van der Waals surface area contributed by atoms with Crippen molar-refractivity contribution >= 4 is 5.91 Å². The van der Waals surface area contributed by atoms with Gasteiger partial charge in [-0.25, -0.2) is 4.39 Å². The van der Waals surface area contributed by atoms with Crippen LogP contribution < -0.4 is 10.6 Å². The van der Waals surface area contributed by atoms with Crippen molar-refractivity contribution in [3.63, 3.8) is 0 Å². The van der Waals surface area contributed by atoms with E-state index in [-0.39, 0.29) is 12.5 Å². The highest BCUT2D eigenvalue weighted by atomic mass is 19.4. The van der Waals surface area contributed by atoms with Crippen molar-refractivity contribution in [1.29, 1.82) is 0 Å². The summed E-state index contributed by atoms with van der Waals surface area (Å²) in [4.78, 5) is 11.8. The first-order chi connectivity index (χ1) is 9.80. The molecule has 0 bridgehead atoms. The van der Waals surface area contributed by atoms with Gasteiger partial charge in [0.2, 0.25) is 0 Å². The minimum absolute atomic E-state index is 0.0582. The van der Waals surface area contributed by atoms with Crippen molar-refractivity contribution < 1.29 is 27.5 Å². The van der Waals surface area contributed by atoms with Crippen LogP contribution in [0.3, 0.4) is 0 Å². The number of benzene rings is 1. The fourth-order valence-electron chi connectivity index (χ4n) is 2.17. The lowest BCUT2D eigenvalue weighted by molar-refractivity contribution is -0.140. The van der Waals surface area contributed by atoms with E-state index >= 15 is 0 Å². The van der Waals surface area contributed by atoms with Gasteiger partial charge in [0.1, 0.15) is 5.82 Å². The van der Waals surface area contributed by atoms with Gasteiger partial charge in [0.05, 0.1) is 17.2 Å². The number of hydrogen-bond donors (Lipinski definition) is 3. The molecule has 1 aliphatic heterocycles. The van der Waals surface area contributed by atoms with Gasteiger partial charge in [-0.1, -0.05) is 6.07 Å². The van der Waals surface area contributed by atoms with Crippen LogP contribution in [-0.4, -0.2) is 36.8 Å². The van der Waals surface area contributed by atoms with Gasteiger partial charge < -0.3 is 15.7 Å². The number of nitrogens with one attached hydrogen (secondary N) is 2. The third-order valence-electron chi connectivity index (χ3n) is 3.38. The summed E-state index contributed by atoms with van der Waals surface area (Å²) in [6.45, 7) is 0.924. The third-order valence-corrected chi connectivity index (χ3v) is 3.38. The summed E-state index contributed by atoms with van der Waals surface area (Å²) in [5, 5.41) is 14.8. The van der Waals surface area contributed by atoms with Crippen LogP contribution in [0.5, 0.6) is 0 Å². The van der Waals surface area contributed by atoms with Crippen molar-refractivity contribution in [3.8, 4) is 0 Å². The molecule has 116 valence electrons. The molecule has 3 N–H and O–H groups in total. The van der Waals surface area contributed by atoms with Gasteiger partial charge in [-0.2, -0.15) is 13.2 Å². The molecule has 21 heavy (non-hydrogen) atoms. The zero-order chi connectivity index (χ0) is 15.6. The Bertz CT molecular complexity index is 533. The van der Waals surface area contributed by atoms with Crippen molar-refractivity contribution in [2.75, 3.05) is 19.6 Å². The summed E-state index contributed by atoms with van der Waals surface area (Å²) in [7, 11) is 0. The zero-order valence-electron chi connectivity index (χ0n) is 10.9. The quantitative estimate of drug-likeness (QED) is 0.734. The molecule has 2 unspecified atom stereocenters. The Morgan fingerprint density at radius 2 is 2.10 bits per heavy atom. The first-order valence-corrected chi connectivity index (χ1v) is 6.33. The molecule has 1 amide bonds. The Hall–Kier alpha value is -1.67. The number of aliphatic hydroxyl groups excluding tert-OH is 1. The van der Waals surface area contributed by atoms with Crippen LogP contribution in [0.2, 0.25) is 0 Å². The lowest BCUT2D eigenvalue weighted by atomic mass is 10.1. The number of carbonyl (C=O) groups excluding carboxylic acids is 1. The number of alkyl halides is 3. The van der Waals surface area contributed by atoms with Crippen LogP contribution in [-0.2, 0) is 6.18 Å². The highest BCUT2D eigenvalue weighted by molar-refractivity contribution is 5.94. The molecule has 2 rings (SSSR count). The standard InChI is InChI=1S/C13H14F4N2O2/c14-11-8(2-1-3-9(11)13(15,16)17)12(21)19-5-7-4-18-6-10(7)20/h1-3,7,10,18,20H,4-6H2,(H,19,21). The van der Waals surface area contributed by atoms with Gasteiger partial charge >= 0.3 is 6.18 Å². The molecule has 0 spiro atoms. The second-order valence-electron chi connectivity index (χ2n) is 4.86. The van der Waals surface area contributed by atoms with Crippen LogP contribution in [0, 0.1) is 11.7 Å². The molecule has 0 radical (unpaired) electrons. The van der Waals surface area contributed by atoms with Crippen LogP contribution >= 0.6 is 0 Å². The van der Waals surface area contributed by atoms with E-state index in [2.05, 4.69) is 10.6 Å². The highest BCUT2D eigenvalue weighted by Crippen LogP contribution is 2.32. The van der Waals surface area contributed by atoms with Crippen LogP contribution in [0.15, 0.2) is 18.2 Å². The van der Waals surface area contributed by atoms with Gasteiger partial charge in [0.25, 0.3) is 5.91 Å². The van der Waals surface area contributed by atoms with Gasteiger partial charge in [0.15, 0.2) is 0 Å². The maximum absolute atomic E-state index is 13.8. The maximum Gasteiger partial charge on any atom is 0.419 e. The largest absolute Gasteiger partial charge is 0.419 e. The number of halogens is 4. The molecular weight excluding hydrogens is 292 g/mol. The highest BCUT2D eigenvalue weighted by Gasteiger charge is 2.35. The van der Waals surface area contributed by atoms with E-state index in [4.69, 9.17) is 0 Å². The summed E-state index contributed by atoms with van der Waals surface area (Å²) in [5.74, 6) is -2.77. The zero-order valence-corrected chi connectivity index (χ0v) is 10.9. The van der Waals surface area contributed by atoms with Crippen molar-refractivity contribution in [3.05, 3.63) is 35.1 Å². The second-order valence-corrected chi connectivity index (χ2v) is 4.86. The van der Waals surface area contributed by atoms with Crippen molar-refractivity contribution in [2.24, 2.45) is 5.92 Å². The number of β-amino-alcohol motifs (C(OH)–C–C–N with tert-alkyl or cyclic N) is 1. The van der Waals surface area contributed by atoms with Gasteiger partial charge in [-0.15, -0.1) is 0 Å². The van der Waals surface area contributed by atoms with E-state index in [0.29, 0.717) is 19.2 Å². The van der Waals surface area contributed by atoms with E-state index < -0.39 is 35.1 Å². The normalized spacial score (nSPS) is 22.3. The summed E-state index contributed by atoms with van der Waals surface area (Å²) >= 11 is 0. The first-order valence-electron chi connectivity index (χ1n) is 6.33. The molecule has 1 heterocycles. The molecule has 1 aliphatic rings. The number of carbonyl (C=O) groups is 1. The average molecular weight is 306 g/mol. The van der Waals surface area contributed by atoms with E-state index in [1.165, 1.54) is 0 Å². The lowest BCUT2D eigenvalue weighted by Gasteiger charge is -2.15. The topological polar surface area (TPSA) is 61.4 Å². The molecule has 1 aromatic rings. The second kappa shape index (κ2) is 5.98. The fourth-order valence-corrected chi connectivity index (χ4v) is 2.17. The summed E-state index contributed by atoms with van der Waals surface area (Å²) in [5.41, 5.74) is -2.14. The molecule has 0 saturated carbocycles. The Kier molecular flexibility index (Phi) is 4.48. The van der Waals surface area contributed by atoms with Crippen LogP contribution in [0.1, 0.15) is 15.9 Å². The lowest BCUT2D eigenvalue weighted by Crippen LogP contribution is -2.35. The molecule has 1 aromatic carbocycles. The predicted octanol–water partition coefficient (Wildman–Crippen LogP) is 1.15. The van der Waals surface area contributed by atoms with E-state index in [0.717, 1.165) is 12.1 Å². The molecule has 8 heteroatoms. The Morgan fingerprint density at radius 3 is 2.67 bits per heavy atom. The Morgan fingerprint density at radius 1 is 1.38 bits per heavy atom. The number of hydrogen-bond acceptors (Lipinski definition) is 3. The third kappa shape index (κ3) is 3.51. The molecule has 1 saturated heterocycles. The minimum atomic E-state index is -4.86. The fraction of sp³-hybridized carbons (Fsp3) is 0.462. The number of amides is 1. The molecule has 0 aliphatic carbocycles. The molecule has 1 fully saturated rings. The summed E-state index contributed by atoms with van der Waals surface area (Å²) in [6.07, 6.45) is -5.50. The first kappa shape index (κ1) is 15.7. The molecule has 0 aromatic heterocycles. The smallest absolute Gasteiger partial charge is 0.391 e. The van der Waals surface area contributed by atoms with E-state index in [1.54, 1.807) is 0 Å². The summed E-state index contributed by atoms with van der Waals surface area (Å²) < 4.78 is 51.4. The van der Waals surface area contributed by atoms with Crippen molar-refractivity contribution in [1.82, 2.24) is 10.6 Å². The van der Waals surface area contributed by atoms with E-state index in [1.807, 2.05) is 0 Å². The number of rotatable bonds is 3. The van der Waals surface area contributed by atoms with E-state index in [9.17, 15) is 27.5 Å². The number of aliphatic hydroxyl groups is 1. The van der Waals surface area contributed by atoms with Crippen LogP contribution in [0.25, 0.3) is 0 Å². The molecule has 4 nitrogen and oxygen atoms in total. The Balaban J connectivity index is 2.09. The monoisotopic (exact) mass is 306 g/mol. The van der Waals surface area contributed by atoms with Crippen LogP contribution in [0.4, 0.5) is 17.6 Å². The maximum atomic E-state index is 13.8. The van der Waals surface area contributed by atoms with Gasteiger partial charge in [-0.3, -0.25) is 4.79 Å². The Labute approximate surface area is 118 Å². The average Bonchev–Trinajstić information content (AvgIpc) is 2.80. The molecule has 2 atom stereocenters. The van der Waals surface area contributed by atoms with Gasteiger partial charge in [0, 0.05) is 25.6 Å². The SMILES string of the molecule is O=C(NCC1CNCC1O)c1cccc(C(F)(F)F)c1F. The minimum Gasteiger partial charge on any atom is -0.391 e.